The van der Waals surface area contributed by atoms with Gasteiger partial charge in [0, 0.05) is 26.2 Å². The van der Waals surface area contributed by atoms with Gasteiger partial charge >= 0.3 is 12.3 Å². The van der Waals surface area contributed by atoms with E-state index in [0.717, 1.165) is 29.2 Å². The SMILES string of the molecule is CC(C)C[C@@H](C(=O)N[C@H]1CC[C@H]2CN(S(=O)(=O)c3ccc(C(F)(F)F)cc3)C[C@H]21)N(C)C(=O)O. The third-order valence-corrected chi connectivity index (χ3v) is 8.58. The minimum Gasteiger partial charge on any atom is -0.465 e. The first kappa shape index (κ1) is 26.3. The fraction of sp³-hybridized carbons (Fsp3) is 0.636. The average molecular weight is 506 g/mol. The molecule has 2 fully saturated rings. The monoisotopic (exact) mass is 505 g/mol. The van der Waals surface area contributed by atoms with E-state index in [2.05, 4.69) is 5.32 Å². The molecule has 1 aliphatic carbocycles. The van der Waals surface area contributed by atoms with E-state index in [9.17, 15) is 36.3 Å². The molecule has 34 heavy (non-hydrogen) atoms. The number of rotatable bonds is 7. The summed E-state index contributed by atoms with van der Waals surface area (Å²) < 4.78 is 65.8. The largest absolute Gasteiger partial charge is 0.465 e. The predicted molar refractivity (Wildman–Crippen MR) is 117 cm³/mol. The number of carboxylic acid groups (broad SMARTS) is 1. The second-order valence-electron chi connectivity index (χ2n) is 9.50. The molecule has 0 radical (unpaired) electrons. The second kappa shape index (κ2) is 9.73. The maximum atomic E-state index is 13.0. The third-order valence-electron chi connectivity index (χ3n) is 6.74. The molecule has 2 N–H and O–H groups in total. The van der Waals surface area contributed by atoms with Gasteiger partial charge < -0.3 is 10.4 Å². The highest BCUT2D eigenvalue weighted by molar-refractivity contribution is 7.89. The number of hydrogen-bond acceptors (Lipinski definition) is 4. The lowest BCUT2D eigenvalue weighted by atomic mass is 9.96. The molecule has 1 aliphatic heterocycles. The zero-order valence-electron chi connectivity index (χ0n) is 19.2. The Hall–Kier alpha value is -2.34. The molecule has 4 atom stereocenters. The standard InChI is InChI=1S/C22H30F3N3O5S/c1-13(2)10-19(27(3)21(30)31)20(29)26-18-9-4-14-11-28(12-17(14)18)34(32,33)16-7-5-15(6-8-16)22(23,24)25/h5-8,13-14,17-19H,4,9-12H2,1-3H3,(H,26,29)(H,30,31)/t14-,17+,18-,19-/m0/s1. The van der Waals surface area contributed by atoms with Crippen LogP contribution in [0.1, 0.15) is 38.7 Å². The first-order chi connectivity index (χ1) is 15.7. The Morgan fingerprint density at radius 2 is 1.79 bits per heavy atom. The average Bonchev–Trinajstić information content (AvgIpc) is 3.33. The van der Waals surface area contributed by atoms with E-state index < -0.39 is 39.8 Å². The van der Waals surface area contributed by atoms with Crippen LogP contribution in [0.15, 0.2) is 29.2 Å². The predicted octanol–water partition coefficient (Wildman–Crippen LogP) is 3.25. The van der Waals surface area contributed by atoms with Crippen LogP contribution in [-0.2, 0) is 21.0 Å². The topological polar surface area (TPSA) is 107 Å². The minimum absolute atomic E-state index is 0.00951. The Morgan fingerprint density at radius 1 is 1.18 bits per heavy atom. The molecule has 1 saturated heterocycles. The van der Waals surface area contributed by atoms with Crippen LogP contribution in [0.4, 0.5) is 18.0 Å². The van der Waals surface area contributed by atoms with Crippen LogP contribution in [0.3, 0.4) is 0 Å². The van der Waals surface area contributed by atoms with Crippen LogP contribution < -0.4 is 5.32 Å². The molecule has 8 nitrogen and oxygen atoms in total. The molecule has 1 saturated carbocycles. The number of halogens is 3. The number of likely N-dealkylation sites (N-methyl/N-ethyl adjacent to an activating group) is 1. The third kappa shape index (κ3) is 5.48. The molecule has 0 aromatic heterocycles. The van der Waals surface area contributed by atoms with Crippen molar-refractivity contribution in [3.63, 3.8) is 0 Å². The summed E-state index contributed by atoms with van der Waals surface area (Å²) >= 11 is 0. The lowest BCUT2D eigenvalue weighted by molar-refractivity contribution is -0.137. The number of amides is 2. The Morgan fingerprint density at radius 3 is 2.32 bits per heavy atom. The van der Waals surface area contributed by atoms with Crippen molar-refractivity contribution in [1.29, 1.82) is 0 Å². The van der Waals surface area contributed by atoms with Crippen LogP contribution in [0.5, 0.6) is 0 Å². The number of sulfonamides is 1. The van der Waals surface area contributed by atoms with E-state index in [1.54, 1.807) is 0 Å². The van der Waals surface area contributed by atoms with Crippen molar-refractivity contribution < 1.29 is 36.3 Å². The molecule has 3 rings (SSSR count). The number of carbonyl (C=O) groups is 2. The van der Waals surface area contributed by atoms with E-state index in [0.29, 0.717) is 19.3 Å². The summed E-state index contributed by atoms with van der Waals surface area (Å²) in [5.74, 6) is -0.462. The Bertz CT molecular complexity index is 1010. The molecule has 1 heterocycles. The van der Waals surface area contributed by atoms with Gasteiger partial charge in [-0.1, -0.05) is 13.8 Å². The molecule has 0 unspecified atom stereocenters. The van der Waals surface area contributed by atoms with Crippen molar-refractivity contribution >= 4 is 22.0 Å². The molecular formula is C22H30F3N3O5S. The lowest BCUT2D eigenvalue weighted by Crippen LogP contribution is -2.51. The molecule has 0 bridgehead atoms. The zero-order valence-corrected chi connectivity index (χ0v) is 20.1. The van der Waals surface area contributed by atoms with Crippen LogP contribution >= 0.6 is 0 Å². The second-order valence-corrected chi connectivity index (χ2v) is 11.4. The van der Waals surface area contributed by atoms with Crippen LogP contribution in [0.25, 0.3) is 0 Å². The number of hydrogen-bond donors (Lipinski definition) is 2. The number of alkyl halides is 3. The minimum atomic E-state index is -4.56. The number of carbonyl (C=O) groups excluding carboxylic acids is 1. The van der Waals surface area contributed by atoms with E-state index in [1.165, 1.54) is 11.4 Å². The van der Waals surface area contributed by atoms with Gasteiger partial charge in [-0.15, -0.1) is 0 Å². The van der Waals surface area contributed by atoms with Crippen LogP contribution in [0.2, 0.25) is 0 Å². The normalized spacial score (nSPS) is 24.1. The van der Waals surface area contributed by atoms with Crippen molar-refractivity contribution in [2.75, 3.05) is 20.1 Å². The van der Waals surface area contributed by atoms with Crippen LogP contribution in [-0.4, -0.2) is 67.0 Å². The van der Waals surface area contributed by atoms with Crippen molar-refractivity contribution in [1.82, 2.24) is 14.5 Å². The molecule has 2 aliphatic rings. The number of fused-ring (bicyclic) bond motifs is 1. The van der Waals surface area contributed by atoms with Gasteiger partial charge in [0.15, 0.2) is 0 Å². The first-order valence-electron chi connectivity index (χ1n) is 11.1. The van der Waals surface area contributed by atoms with Crippen molar-refractivity contribution in [2.45, 2.75) is 56.3 Å². The molecule has 1 aromatic carbocycles. The van der Waals surface area contributed by atoms with Gasteiger partial charge in [-0.05, 0) is 61.3 Å². The summed E-state index contributed by atoms with van der Waals surface area (Å²) in [4.78, 5) is 25.1. The molecule has 190 valence electrons. The maximum Gasteiger partial charge on any atom is 0.416 e. The molecule has 1 aromatic rings. The van der Waals surface area contributed by atoms with Crippen LogP contribution in [0, 0.1) is 17.8 Å². The van der Waals surface area contributed by atoms with Gasteiger partial charge in [0.2, 0.25) is 15.9 Å². The van der Waals surface area contributed by atoms with E-state index >= 15 is 0 Å². The van der Waals surface area contributed by atoms with Gasteiger partial charge in [-0.2, -0.15) is 17.5 Å². The fourth-order valence-corrected chi connectivity index (χ4v) is 6.40. The Kier molecular flexibility index (Phi) is 7.51. The van der Waals surface area contributed by atoms with E-state index in [-0.39, 0.29) is 41.8 Å². The van der Waals surface area contributed by atoms with Gasteiger partial charge in [0.05, 0.1) is 10.5 Å². The Labute approximate surface area is 197 Å². The van der Waals surface area contributed by atoms with Gasteiger partial charge in [0.25, 0.3) is 0 Å². The van der Waals surface area contributed by atoms with Gasteiger partial charge in [0.1, 0.15) is 6.04 Å². The van der Waals surface area contributed by atoms with Gasteiger partial charge in [-0.3, -0.25) is 9.69 Å². The summed E-state index contributed by atoms with van der Waals surface area (Å²) in [5.41, 5.74) is -0.921. The summed E-state index contributed by atoms with van der Waals surface area (Å²) in [5, 5.41) is 12.3. The Balaban J connectivity index is 1.70. The highest BCUT2D eigenvalue weighted by Gasteiger charge is 2.47. The first-order valence-corrected chi connectivity index (χ1v) is 12.6. The van der Waals surface area contributed by atoms with Crippen molar-refractivity contribution in [3.05, 3.63) is 29.8 Å². The maximum absolute atomic E-state index is 13.0. The highest BCUT2D eigenvalue weighted by atomic mass is 32.2. The van der Waals surface area contributed by atoms with Gasteiger partial charge in [-0.25, -0.2) is 13.2 Å². The van der Waals surface area contributed by atoms with Crippen molar-refractivity contribution in [3.8, 4) is 0 Å². The lowest BCUT2D eigenvalue weighted by Gasteiger charge is -2.29. The molecule has 0 spiro atoms. The molecule has 12 heteroatoms. The summed E-state index contributed by atoms with van der Waals surface area (Å²) in [6, 6.07) is 2.27. The van der Waals surface area contributed by atoms with Crippen molar-refractivity contribution in [2.24, 2.45) is 17.8 Å². The smallest absolute Gasteiger partial charge is 0.416 e. The van der Waals surface area contributed by atoms with E-state index in [4.69, 9.17) is 0 Å². The van der Waals surface area contributed by atoms with E-state index in [1.807, 2.05) is 13.8 Å². The number of benzene rings is 1. The summed E-state index contributed by atoms with van der Waals surface area (Å²) in [6.07, 6.45) is -4.07. The molecule has 2 amide bonds. The fourth-order valence-electron chi connectivity index (χ4n) is 4.86. The highest BCUT2D eigenvalue weighted by Crippen LogP contribution is 2.40. The summed E-state index contributed by atoms with van der Waals surface area (Å²) in [6.45, 7) is 4.15. The number of nitrogens with zero attached hydrogens (tertiary/aromatic N) is 2. The number of nitrogens with one attached hydrogen (secondary N) is 1. The molecular weight excluding hydrogens is 475 g/mol. The zero-order chi connectivity index (χ0) is 25.4. The summed E-state index contributed by atoms with van der Waals surface area (Å²) in [7, 11) is -2.64. The quantitative estimate of drug-likeness (QED) is 0.592.